The largest absolute Gasteiger partial charge is 0.480 e. The molecule has 1 atom stereocenters. The SMILES string of the molecule is CC(C)(C)OC(=O)N(C=O)C(Cc1c[nH]c2ccccc12)C(=O)O. The van der Waals surface area contributed by atoms with Crippen LogP contribution in [0, 0.1) is 0 Å². The minimum absolute atomic E-state index is 0.0165. The smallest absolute Gasteiger partial charge is 0.417 e. The monoisotopic (exact) mass is 332 g/mol. The minimum atomic E-state index is -1.35. The number of aromatic nitrogens is 1. The van der Waals surface area contributed by atoms with Crippen molar-refractivity contribution in [3.05, 3.63) is 36.0 Å². The summed E-state index contributed by atoms with van der Waals surface area (Å²) in [6, 6.07) is 6.05. The first-order valence-electron chi connectivity index (χ1n) is 7.47. The number of carboxylic acid groups (broad SMARTS) is 1. The molecule has 0 fully saturated rings. The van der Waals surface area contributed by atoms with Gasteiger partial charge in [0.1, 0.15) is 11.6 Å². The quantitative estimate of drug-likeness (QED) is 0.820. The first-order chi connectivity index (χ1) is 11.2. The van der Waals surface area contributed by atoms with Crippen molar-refractivity contribution < 1.29 is 24.2 Å². The highest BCUT2D eigenvalue weighted by atomic mass is 16.6. The Balaban J connectivity index is 2.29. The number of carboxylic acids is 1. The zero-order chi connectivity index (χ0) is 17.9. The van der Waals surface area contributed by atoms with Crippen LogP contribution in [-0.2, 0) is 20.7 Å². The van der Waals surface area contributed by atoms with Gasteiger partial charge in [0.2, 0.25) is 6.41 Å². The first-order valence-corrected chi connectivity index (χ1v) is 7.47. The maximum absolute atomic E-state index is 12.1. The van der Waals surface area contributed by atoms with Crippen LogP contribution in [0.4, 0.5) is 4.79 Å². The van der Waals surface area contributed by atoms with Gasteiger partial charge in [0.25, 0.3) is 0 Å². The fourth-order valence-corrected chi connectivity index (χ4v) is 2.37. The second-order valence-corrected chi connectivity index (χ2v) is 6.41. The van der Waals surface area contributed by atoms with E-state index >= 15 is 0 Å². The Bertz CT molecular complexity index is 760. The number of amides is 2. The van der Waals surface area contributed by atoms with Gasteiger partial charge in [-0.3, -0.25) is 4.79 Å². The molecule has 2 rings (SSSR count). The van der Waals surface area contributed by atoms with Gasteiger partial charge in [-0.05, 0) is 32.4 Å². The number of H-pyrrole nitrogens is 1. The molecule has 1 unspecified atom stereocenters. The van der Waals surface area contributed by atoms with Crippen LogP contribution in [0.2, 0.25) is 0 Å². The molecule has 2 N–H and O–H groups in total. The summed E-state index contributed by atoms with van der Waals surface area (Å²) in [5.41, 5.74) is 0.724. The molecule has 128 valence electrons. The zero-order valence-electron chi connectivity index (χ0n) is 13.8. The van der Waals surface area contributed by atoms with E-state index in [0.29, 0.717) is 10.5 Å². The number of nitrogens with one attached hydrogen (secondary N) is 1. The number of imide groups is 1. The van der Waals surface area contributed by atoms with E-state index in [1.807, 2.05) is 24.3 Å². The highest BCUT2D eigenvalue weighted by molar-refractivity contribution is 5.89. The summed E-state index contributed by atoms with van der Waals surface area (Å²) in [5.74, 6) is -1.28. The summed E-state index contributed by atoms with van der Waals surface area (Å²) >= 11 is 0. The average molecular weight is 332 g/mol. The number of aliphatic carboxylic acids is 1. The molecule has 0 saturated carbocycles. The summed E-state index contributed by atoms with van der Waals surface area (Å²) in [7, 11) is 0. The van der Waals surface area contributed by atoms with E-state index in [2.05, 4.69) is 4.98 Å². The topological polar surface area (TPSA) is 99.7 Å². The molecule has 24 heavy (non-hydrogen) atoms. The average Bonchev–Trinajstić information content (AvgIpc) is 2.88. The van der Waals surface area contributed by atoms with Crippen LogP contribution < -0.4 is 0 Å². The molecule has 0 radical (unpaired) electrons. The molecule has 0 aliphatic rings. The standard InChI is InChI=1S/C17H20N2O5/c1-17(2,3)24-16(23)19(10-20)14(15(21)22)8-11-9-18-13-7-5-4-6-12(11)13/h4-7,9-10,14,18H,8H2,1-3H3,(H,21,22). The van der Waals surface area contributed by atoms with Crippen LogP contribution in [0.25, 0.3) is 10.9 Å². The number of carbonyl (C=O) groups excluding carboxylic acids is 2. The van der Waals surface area contributed by atoms with Crippen LogP contribution in [0.3, 0.4) is 0 Å². The van der Waals surface area contributed by atoms with Gasteiger partial charge in [-0.1, -0.05) is 18.2 Å². The number of carbonyl (C=O) groups is 3. The maximum Gasteiger partial charge on any atom is 0.417 e. The Hall–Kier alpha value is -2.83. The molecule has 7 nitrogen and oxygen atoms in total. The second kappa shape index (κ2) is 6.74. The molecule has 0 spiro atoms. The Morgan fingerprint density at radius 1 is 1.33 bits per heavy atom. The number of aromatic amines is 1. The lowest BCUT2D eigenvalue weighted by Crippen LogP contribution is -2.47. The van der Waals surface area contributed by atoms with Gasteiger partial charge >= 0.3 is 12.1 Å². The summed E-state index contributed by atoms with van der Waals surface area (Å²) in [4.78, 5) is 38.7. The van der Waals surface area contributed by atoms with Crippen LogP contribution >= 0.6 is 0 Å². The molecule has 0 saturated heterocycles. The van der Waals surface area contributed by atoms with E-state index in [-0.39, 0.29) is 12.8 Å². The van der Waals surface area contributed by atoms with Gasteiger partial charge in [0.05, 0.1) is 0 Å². The third-order valence-corrected chi connectivity index (χ3v) is 3.43. The van der Waals surface area contributed by atoms with Crippen LogP contribution in [-0.4, -0.2) is 45.1 Å². The molecule has 0 bridgehead atoms. The van der Waals surface area contributed by atoms with Crippen molar-refractivity contribution in [1.82, 2.24) is 9.88 Å². The van der Waals surface area contributed by atoms with Gasteiger partial charge in [0.15, 0.2) is 0 Å². The van der Waals surface area contributed by atoms with Crippen LogP contribution in [0.5, 0.6) is 0 Å². The van der Waals surface area contributed by atoms with Gasteiger partial charge in [-0.2, -0.15) is 0 Å². The predicted molar refractivity (Wildman–Crippen MR) is 87.6 cm³/mol. The Kier molecular flexibility index (Phi) is 4.92. The fraction of sp³-hybridized carbons (Fsp3) is 0.353. The van der Waals surface area contributed by atoms with Gasteiger partial charge < -0.3 is 14.8 Å². The van der Waals surface area contributed by atoms with Gasteiger partial charge in [-0.15, -0.1) is 0 Å². The molecule has 1 heterocycles. The lowest BCUT2D eigenvalue weighted by Gasteiger charge is -2.27. The zero-order valence-corrected chi connectivity index (χ0v) is 13.8. The number of hydrogen-bond donors (Lipinski definition) is 2. The number of fused-ring (bicyclic) bond motifs is 1. The van der Waals surface area contributed by atoms with Crippen molar-refractivity contribution in [3.8, 4) is 0 Å². The number of hydrogen-bond acceptors (Lipinski definition) is 4. The summed E-state index contributed by atoms with van der Waals surface area (Å²) in [5, 5.41) is 10.3. The minimum Gasteiger partial charge on any atom is -0.480 e. The number of rotatable bonds is 5. The number of para-hydroxylation sites is 1. The van der Waals surface area contributed by atoms with Crippen molar-refractivity contribution in [2.75, 3.05) is 0 Å². The Morgan fingerprint density at radius 3 is 2.58 bits per heavy atom. The van der Waals surface area contributed by atoms with E-state index in [0.717, 1.165) is 10.9 Å². The second-order valence-electron chi connectivity index (χ2n) is 6.41. The van der Waals surface area contributed by atoms with E-state index in [1.165, 1.54) is 0 Å². The van der Waals surface area contributed by atoms with Crippen LogP contribution in [0.1, 0.15) is 26.3 Å². The number of ether oxygens (including phenoxy) is 1. The molecule has 0 aliphatic heterocycles. The molecule has 2 aromatic rings. The van der Waals surface area contributed by atoms with E-state index < -0.39 is 23.7 Å². The lowest BCUT2D eigenvalue weighted by molar-refractivity contribution is -0.145. The Morgan fingerprint density at radius 2 is 2.00 bits per heavy atom. The number of nitrogens with zero attached hydrogens (tertiary/aromatic N) is 1. The predicted octanol–water partition coefficient (Wildman–Crippen LogP) is 2.56. The van der Waals surface area contributed by atoms with Crippen molar-refractivity contribution in [1.29, 1.82) is 0 Å². The highest BCUT2D eigenvalue weighted by Crippen LogP contribution is 2.21. The number of benzene rings is 1. The summed E-state index contributed by atoms with van der Waals surface area (Å²) in [6.45, 7) is 4.93. The van der Waals surface area contributed by atoms with Crippen molar-refractivity contribution in [2.45, 2.75) is 38.8 Å². The van der Waals surface area contributed by atoms with Crippen LogP contribution in [0.15, 0.2) is 30.5 Å². The third-order valence-electron chi connectivity index (χ3n) is 3.43. The fourth-order valence-electron chi connectivity index (χ4n) is 2.37. The molecule has 1 aromatic heterocycles. The summed E-state index contributed by atoms with van der Waals surface area (Å²) < 4.78 is 5.11. The van der Waals surface area contributed by atoms with Gasteiger partial charge in [0, 0.05) is 23.5 Å². The molecular formula is C17H20N2O5. The molecule has 7 heteroatoms. The molecule has 1 aromatic carbocycles. The first kappa shape index (κ1) is 17.5. The maximum atomic E-state index is 12.1. The normalized spacial score (nSPS) is 12.6. The molecule has 2 amide bonds. The van der Waals surface area contributed by atoms with E-state index in [4.69, 9.17) is 4.74 Å². The van der Waals surface area contributed by atoms with Crippen molar-refractivity contribution in [2.24, 2.45) is 0 Å². The van der Waals surface area contributed by atoms with Crippen molar-refractivity contribution in [3.63, 3.8) is 0 Å². The highest BCUT2D eigenvalue weighted by Gasteiger charge is 2.33. The molecule has 0 aliphatic carbocycles. The lowest BCUT2D eigenvalue weighted by atomic mass is 10.0. The summed E-state index contributed by atoms with van der Waals surface area (Å²) in [6.07, 6.45) is 0.877. The van der Waals surface area contributed by atoms with Crippen molar-refractivity contribution >= 4 is 29.4 Å². The van der Waals surface area contributed by atoms with E-state index in [9.17, 15) is 19.5 Å². The van der Waals surface area contributed by atoms with E-state index in [1.54, 1.807) is 27.0 Å². The Labute approximate surface area is 139 Å². The molecular weight excluding hydrogens is 312 g/mol. The van der Waals surface area contributed by atoms with Gasteiger partial charge in [-0.25, -0.2) is 14.5 Å². The third kappa shape index (κ3) is 3.92.